The van der Waals surface area contributed by atoms with Crippen LogP contribution in [0.15, 0.2) is 42.5 Å². The molecule has 0 radical (unpaired) electrons. The summed E-state index contributed by atoms with van der Waals surface area (Å²) in [5, 5.41) is 2.92. The summed E-state index contributed by atoms with van der Waals surface area (Å²) in [5.41, 5.74) is 3.28. The molecule has 0 aromatic heterocycles. The fraction of sp³-hybridized carbons (Fsp3) is 0.375. The Labute approximate surface area is 188 Å². The topological polar surface area (TPSA) is 88.2 Å². The summed E-state index contributed by atoms with van der Waals surface area (Å²) in [4.78, 5) is 41.6. The molecule has 2 aromatic carbocycles. The fourth-order valence-electron chi connectivity index (χ4n) is 3.72. The number of hydrogen-bond acceptors (Lipinski definition) is 6. The SMILES string of the molecule is COCCN(CC(=O)Nc1cccc(C)c1C)C1CC(=O)N(c2ccc(OC)cc2)C1=O. The zero-order valence-electron chi connectivity index (χ0n) is 18.9. The smallest absolute Gasteiger partial charge is 0.251 e. The number of rotatable bonds is 9. The second-order valence-corrected chi connectivity index (χ2v) is 7.74. The molecule has 0 saturated carbocycles. The summed E-state index contributed by atoms with van der Waals surface area (Å²) in [6, 6.07) is 11.7. The number of anilines is 2. The van der Waals surface area contributed by atoms with Gasteiger partial charge < -0.3 is 14.8 Å². The highest BCUT2D eigenvalue weighted by Gasteiger charge is 2.43. The van der Waals surface area contributed by atoms with Gasteiger partial charge in [0, 0.05) is 19.3 Å². The van der Waals surface area contributed by atoms with Crippen molar-refractivity contribution in [2.45, 2.75) is 26.3 Å². The molecule has 0 bridgehead atoms. The molecule has 1 fully saturated rings. The Morgan fingerprint density at radius 3 is 2.50 bits per heavy atom. The van der Waals surface area contributed by atoms with Crippen molar-refractivity contribution in [2.24, 2.45) is 0 Å². The molecular formula is C24H29N3O5. The summed E-state index contributed by atoms with van der Waals surface area (Å²) >= 11 is 0. The van der Waals surface area contributed by atoms with Gasteiger partial charge in [-0.1, -0.05) is 12.1 Å². The van der Waals surface area contributed by atoms with Crippen LogP contribution in [-0.4, -0.2) is 62.6 Å². The number of nitrogens with zero attached hydrogens (tertiary/aromatic N) is 2. The van der Waals surface area contributed by atoms with E-state index in [1.807, 2.05) is 32.0 Å². The number of hydrogen-bond donors (Lipinski definition) is 1. The van der Waals surface area contributed by atoms with Crippen LogP contribution in [-0.2, 0) is 19.1 Å². The van der Waals surface area contributed by atoms with Gasteiger partial charge in [-0.05, 0) is 55.3 Å². The third kappa shape index (κ3) is 5.15. The van der Waals surface area contributed by atoms with Crippen molar-refractivity contribution in [1.82, 2.24) is 4.90 Å². The van der Waals surface area contributed by atoms with Gasteiger partial charge in [0.2, 0.25) is 11.8 Å². The number of imide groups is 1. The van der Waals surface area contributed by atoms with Gasteiger partial charge in [-0.25, -0.2) is 4.90 Å². The van der Waals surface area contributed by atoms with Gasteiger partial charge in [-0.2, -0.15) is 0 Å². The second-order valence-electron chi connectivity index (χ2n) is 7.74. The third-order valence-corrected chi connectivity index (χ3v) is 5.70. The minimum Gasteiger partial charge on any atom is -0.497 e. The van der Waals surface area contributed by atoms with Gasteiger partial charge in [0.1, 0.15) is 5.75 Å². The van der Waals surface area contributed by atoms with E-state index in [0.29, 0.717) is 24.6 Å². The molecule has 1 aliphatic rings. The lowest BCUT2D eigenvalue weighted by atomic mass is 10.1. The first kappa shape index (κ1) is 23.4. The Kier molecular flexibility index (Phi) is 7.61. The maximum absolute atomic E-state index is 13.2. The number of amides is 3. The molecule has 3 rings (SSSR count). The van der Waals surface area contributed by atoms with Crippen molar-refractivity contribution in [3.8, 4) is 5.75 Å². The van der Waals surface area contributed by atoms with Crippen molar-refractivity contribution in [1.29, 1.82) is 0 Å². The molecule has 1 aliphatic heterocycles. The summed E-state index contributed by atoms with van der Waals surface area (Å²) in [6.07, 6.45) is 0.00529. The lowest BCUT2D eigenvalue weighted by Crippen LogP contribution is -2.47. The van der Waals surface area contributed by atoms with Crippen LogP contribution in [0, 0.1) is 13.8 Å². The first-order valence-electron chi connectivity index (χ1n) is 10.5. The summed E-state index contributed by atoms with van der Waals surface area (Å²) in [5.74, 6) is -0.273. The van der Waals surface area contributed by atoms with Crippen LogP contribution in [0.4, 0.5) is 11.4 Å². The van der Waals surface area contributed by atoms with E-state index in [2.05, 4.69) is 5.32 Å². The fourth-order valence-corrected chi connectivity index (χ4v) is 3.72. The molecule has 0 aliphatic carbocycles. The Morgan fingerprint density at radius 1 is 1.12 bits per heavy atom. The first-order valence-corrected chi connectivity index (χ1v) is 10.5. The van der Waals surface area contributed by atoms with Gasteiger partial charge in [-0.15, -0.1) is 0 Å². The zero-order chi connectivity index (χ0) is 23.3. The lowest BCUT2D eigenvalue weighted by molar-refractivity contribution is -0.124. The number of ether oxygens (including phenoxy) is 2. The number of nitrogens with one attached hydrogen (secondary N) is 1. The predicted molar refractivity (Wildman–Crippen MR) is 122 cm³/mol. The highest BCUT2D eigenvalue weighted by molar-refractivity contribution is 6.22. The molecule has 3 amide bonds. The normalized spacial score (nSPS) is 16.0. The monoisotopic (exact) mass is 439 g/mol. The summed E-state index contributed by atoms with van der Waals surface area (Å²) in [7, 11) is 3.10. The van der Waals surface area contributed by atoms with E-state index in [1.165, 1.54) is 4.90 Å². The molecule has 1 unspecified atom stereocenters. The number of methoxy groups -OCH3 is 2. The summed E-state index contributed by atoms with van der Waals surface area (Å²) in [6.45, 7) is 4.57. The van der Waals surface area contributed by atoms with E-state index in [-0.39, 0.29) is 30.7 Å². The van der Waals surface area contributed by atoms with Crippen LogP contribution < -0.4 is 15.0 Å². The van der Waals surface area contributed by atoms with E-state index >= 15 is 0 Å². The van der Waals surface area contributed by atoms with Crippen LogP contribution in [0.3, 0.4) is 0 Å². The molecule has 1 heterocycles. The lowest BCUT2D eigenvalue weighted by Gasteiger charge is -2.26. The standard InChI is InChI=1S/C24H29N3O5/c1-16-6-5-7-20(17(16)2)25-22(28)15-26(12-13-31-3)21-14-23(29)27(24(21)30)18-8-10-19(32-4)11-9-18/h5-11,21H,12-15H2,1-4H3,(H,25,28). The largest absolute Gasteiger partial charge is 0.497 e. The zero-order valence-corrected chi connectivity index (χ0v) is 18.9. The quantitative estimate of drug-likeness (QED) is 0.604. The van der Waals surface area contributed by atoms with Gasteiger partial charge in [0.15, 0.2) is 0 Å². The first-order chi connectivity index (χ1) is 15.3. The van der Waals surface area contributed by atoms with E-state index in [0.717, 1.165) is 16.8 Å². The molecule has 1 N–H and O–H groups in total. The Morgan fingerprint density at radius 2 is 1.84 bits per heavy atom. The Hall–Kier alpha value is -3.23. The van der Waals surface area contributed by atoms with Crippen molar-refractivity contribution in [2.75, 3.05) is 44.1 Å². The number of aryl methyl sites for hydroxylation is 1. The average Bonchev–Trinajstić information content (AvgIpc) is 3.08. The van der Waals surface area contributed by atoms with Crippen LogP contribution in [0.1, 0.15) is 17.5 Å². The number of benzene rings is 2. The maximum atomic E-state index is 13.2. The Balaban J connectivity index is 1.76. The molecular weight excluding hydrogens is 410 g/mol. The minimum atomic E-state index is -0.732. The number of carbonyl (C=O) groups excluding carboxylic acids is 3. The van der Waals surface area contributed by atoms with Crippen LogP contribution >= 0.6 is 0 Å². The van der Waals surface area contributed by atoms with Gasteiger partial charge in [-0.3, -0.25) is 19.3 Å². The molecule has 8 nitrogen and oxygen atoms in total. The molecule has 1 atom stereocenters. The van der Waals surface area contributed by atoms with E-state index in [1.54, 1.807) is 43.4 Å². The number of carbonyl (C=O) groups is 3. The molecule has 170 valence electrons. The predicted octanol–water partition coefficient (Wildman–Crippen LogP) is 2.53. The van der Waals surface area contributed by atoms with Gasteiger partial charge in [0.05, 0.1) is 38.4 Å². The molecule has 8 heteroatoms. The van der Waals surface area contributed by atoms with Gasteiger partial charge >= 0.3 is 0 Å². The van der Waals surface area contributed by atoms with Crippen molar-refractivity contribution in [3.05, 3.63) is 53.6 Å². The van der Waals surface area contributed by atoms with Crippen LogP contribution in [0.5, 0.6) is 5.75 Å². The van der Waals surface area contributed by atoms with Crippen LogP contribution in [0.2, 0.25) is 0 Å². The van der Waals surface area contributed by atoms with Gasteiger partial charge in [0.25, 0.3) is 5.91 Å². The van der Waals surface area contributed by atoms with E-state index in [4.69, 9.17) is 9.47 Å². The third-order valence-electron chi connectivity index (χ3n) is 5.70. The van der Waals surface area contributed by atoms with E-state index in [9.17, 15) is 14.4 Å². The highest BCUT2D eigenvalue weighted by atomic mass is 16.5. The minimum absolute atomic E-state index is 0.00529. The van der Waals surface area contributed by atoms with Crippen LogP contribution in [0.25, 0.3) is 0 Å². The molecule has 2 aromatic rings. The second kappa shape index (κ2) is 10.4. The van der Waals surface area contributed by atoms with Crippen molar-refractivity contribution >= 4 is 29.1 Å². The Bertz CT molecular complexity index is 990. The molecule has 1 saturated heterocycles. The maximum Gasteiger partial charge on any atom is 0.251 e. The molecule has 32 heavy (non-hydrogen) atoms. The summed E-state index contributed by atoms with van der Waals surface area (Å²) < 4.78 is 10.3. The van der Waals surface area contributed by atoms with Crippen molar-refractivity contribution < 1.29 is 23.9 Å². The molecule has 0 spiro atoms. The van der Waals surface area contributed by atoms with Crippen molar-refractivity contribution in [3.63, 3.8) is 0 Å². The highest BCUT2D eigenvalue weighted by Crippen LogP contribution is 2.27. The average molecular weight is 440 g/mol. The van der Waals surface area contributed by atoms with E-state index < -0.39 is 6.04 Å².